The fraction of sp³-hybridized carbons (Fsp3) is 0.368. The number of aryl methyl sites for hydroxylation is 1. The largest absolute Gasteiger partial charge is 0.355 e. The van der Waals surface area contributed by atoms with Crippen LogP contribution in [-0.2, 0) is 6.42 Å². The summed E-state index contributed by atoms with van der Waals surface area (Å²) in [6, 6.07) is 5.94. The molecular formula is C19H18BrN5O. The number of Topliss-reactive ketones (excluding diaryl/α,β-unsaturated/α-hetero) is 1. The highest BCUT2D eigenvalue weighted by atomic mass is 79.9. The van der Waals surface area contributed by atoms with E-state index in [2.05, 4.69) is 30.9 Å². The summed E-state index contributed by atoms with van der Waals surface area (Å²) < 4.78 is 2.75. The number of aromatic nitrogens is 4. The number of hydrogen-bond acceptors (Lipinski definition) is 5. The molecule has 0 aromatic carbocycles. The van der Waals surface area contributed by atoms with Crippen LogP contribution in [0.4, 0.5) is 5.82 Å². The molecule has 26 heavy (non-hydrogen) atoms. The van der Waals surface area contributed by atoms with Crippen LogP contribution in [0, 0.1) is 12.3 Å². The number of carbonyl (C=O) groups excluding carboxylic acids is 1. The summed E-state index contributed by atoms with van der Waals surface area (Å²) in [4.78, 5) is 24.4. The summed E-state index contributed by atoms with van der Waals surface area (Å²) in [5.74, 6) is 1.17. The van der Waals surface area contributed by atoms with Crippen molar-refractivity contribution in [3.8, 4) is 0 Å². The van der Waals surface area contributed by atoms with Crippen molar-refractivity contribution in [2.45, 2.75) is 26.2 Å². The molecule has 4 heterocycles. The van der Waals surface area contributed by atoms with E-state index in [0.717, 1.165) is 59.5 Å². The Morgan fingerprint density at radius 3 is 2.77 bits per heavy atom. The van der Waals surface area contributed by atoms with Gasteiger partial charge in [-0.15, -0.1) is 0 Å². The maximum absolute atomic E-state index is 13.0. The van der Waals surface area contributed by atoms with E-state index in [9.17, 15) is 4.79 Å². The number of anilines is 1. The Labute approximate surface area is 159 Å². The lowest BCUT2D eigenvalue weighted by molar-refractivity contribution is 0.0770. The van der Waals surface area contributed by atoms with Crippen molar-refractivity contribution in [2.24, 2.45) is 5.41 Å². The molecule has 0 unspecified atom stereocenters. The van der Waals surface area contributed by atoms with E-state index in [1.165, 1.54) is 0 Å². The van der Waals surface area contributed by atoms with Gasteiger partial charge in [-0.1, -0.05) is 6.07 Å². The SMILES string of the molecule is Cc1nc(N2CCC3(CC2)Cc2cccnc2C3=O)c2ccnn2c1Br. The highest BCUT2D eigenvalue weighted by Gasteiger charge is 2.48. The number of pyridine rings is 1. The lowest BCUT2D eigenvalue weighted by atomic mass is 9.75. The lowest BCUT2D eigenvalue weighted by Crippen LogP contribution is -2.44. The van der Waals surface area contributed by atoms with Crippen molar-refractivity contribution < 1.29 is 4.79 Å². The van der Waals surface area contributed by atoms with Crippen molar-refractivity contribution in [2.75, 3.05) is 18.0 Å². The first-order chi connectivity index (χ1) is 12.6. The van der Waals surface area contributed by atoms with Gasteiger partial charge in [0.1, 0.15) is 15.8 Å². The molecule has 6 nitrogen and oxygen atoms in total. The molecule has 7 heteroatoms. The van der Waals surface area contributed by atoms with Gasteiger partial charge in [0.2, 0.25) is 0 Å². The van der Waals surface area contributed by atoms with Gasteiger partial charge in [-0.3, -0.25) is 9.78 Å². The Morgan fingerprint density at radius 1 is 1.19 bits per heavy atom. The smallest absolute Gasteiger partial charge is 0.188 e. The minimum absolute atomic E-state index is 0.224. The van der Waals surface area contributed by atoms with Crippen LogP contribution in [0.25, 0.3) is 5.52 Å². The van der Waals surface area contributed by atoms with Gasteiger partial charge in [0.05, 0.1) is 11.9 Å². The van der Waals surface area contributed by atoms with E-state index in [4.69, 9.17) is 4.98 Å². The number of piperidine rings is 1. The summed E-state index contributed by atoms with van der Waals surface area (Å²) in [6.45, 7) is 3.60. The fourth-order valence-electron chi connectivity index (χ4n) is 4.31. The molecule has 1 fully saturated rings. The fourth-order valence-corrected chi connectivity index (χ4v) is 4.68. The monoisotopic (exact) mass is 411 g/mol. The van der Waals surface area contributed by atoms with Crippen molar-refractivity contribution >= 4 is 33.0 Å². The molecule has 132 valence electrons. The zero-order valence-electron chi connectivity index (χ0n) is 14.4. The van der Waals surface area contributed by atoms with Crippen LogP contribution >= 0.6 is 15.9 Å². The molecule has 1 aliphatic carbocycles. The van der Waals surface area contributed by atoms with Gasteiger partial charge < -0.3 is 4.90 Å². The highest BCUT2D eigenvalue weighted by molar-refractivity contribution is 9.10. The molecule has 1 aliphatic heterocycles. The molecule has 0 amide bonds. The third kappa shape index (κ3) is 2.16. The Bertz CT molecular complexity index is 1040. The van der Waals surface area contributed by atoms with Crippen molar-refractivity contribution in [1.82, 2.24) is 19.6 Å². The molecule has 0 bridgehead atoms. The topological polar surface area (TPSA) is 63.4 Å². The Kier molecular flexibility index (Phi) is 3.44. The van der Waals surface area contributed by atoms with Gasteiger partial charge in [-0.05, 0) is 59.8 Å². The van der Waals surface area contributed by atoms with E-state index in [-0.39, 0.29) is 11.2 Å². The average Bonchev–Trinajstić information content (AvgIpc) is 3.24. The molecular weight excluding hydrogens is 394 g/mol. The second-order valence-corrected chi connectivity index (χ2v) is 7.98. The maximum Gasteiger partial charge on any atom is 0.188 e. The number of carbonyl (C=O) groups is 1. The van der Waals surface area contributed by atoms with E-state index in [1.54, 1.807) is 12.4 Å². The molecule has 3 aromatic rings. The van der Waals surface area contributed by atoms with Gasteiger partial charge >= 0.3 is 0 Å². The number of hydrogen-bond donors (Lipinski definition) is 0. The zero-order valence-corrected chi connectivity index (χ0v) is 16.0. The van der Waals surface area contributed by atoms with Crippen LogP contribution in [0.5, 0.6) is 0 Å². The minimum atomic E-state index is -0.284. The predicted octanol–water partition coefficient (Wildman–Crippen LogP) is 3.22. The average molecular weight is 412 g/mol. The van der Waals surface area contributed by atoms with E-state index in [1.807, 2.05) is 29.6 Å². The summed E-state index contributed by atoms with van der Waals surface area (Å²) in [5, 5.41) is 4.39. The number of ketones is 1. The Balaban J connectivity index is 1.45. The van der Waals surface area contributed by atoms with Crippen LogP contribution < -0.4 is 4.90 Å². The Morgan fingerprint density at radius 2 is 2.00 bits per heavy atom. The summed E-state index contributed by atoms with van der Waals surface area (Å²) >= 11 is 3.56. The Hall–Kier alpha value is -2.28. The first-order valence-electron chi connectivity index (χ1n) is 8.83. The van der Waals surface area contributed by atoms with Crippen LogP contribution in [0.1, 0.15) is 34.6 Å². The normalized spacial score (nSPS) is 18.7. The number of fused-ring (bicyclic) bond motifs is 2. The second-order valence-electron chi connectivity index (χ2n) is 7.22. The maximum atomic E-state index is 13.0. The molecule has 0 N–H and O–H groups in total. The van der Waals surface area contributed by atoms with Crippen LogP contribution in [-0.4, -0.2) is 38.5 Å². The first kappa shape index (κ1) is 15.9. The minimum Gasteiger partial charge on any atom is -0.355 e. The summed E-state index contributed by atoms with van der Waals surface area (Å²) in [5.41, 5.74) is 3.39. The van der Waals surface area contributed by atoms with Crippen molar-refractivity contribution in [1.29, 1.82) is 0 Å². The first-order valence-corrected chi connectivity index (χ1v) is 9.62. The van der Waals surface area contributed by atoms with Gasteiger partial charge in [0.25, 0.3) is 0 Å². The quantitative estimate of drug-likeness (QED) is 0.614. The van der Waals surface area contributed by atoms with E-state index >= 15 is 0 Å². The van der Waals surface area contributed by atoms with E-state index < -0.39 is 0 Å². The van der Waals surface area contributed by atoms with Crippen LogP contribution in [0.2, 0.25) is 0 Å². The number of halogens is 1. The van der Waals surface area contributed by atoms with Gasteiger partial charge in [-0.2, -0.15) is 5.10 Å². The second kappa shape index (κ2) is 5.61. The molecule has 0 atom stereocenters. The van der Waals surface area contributed by atoms with Crippen molar-refractivity contribution in [3.63, 3.8) is 0 Å². The molecule has 1 saturated heterocycles. The lowest BCUT2D eigenvalue weighted by Gasteiger charge is -2.38. The molecule has 3 aromatic heterocycles. The number of rotatable bonds is 1. The summed E-state index contributed by atoms with van der Waals surface area (Å²) in [6.07, 6.45) is 5.99. The van der Waals surface area contributed by atoms with Crippen LogP contribution in [0.15, 0.2) is 35.2 Å². The third-order valence-electron chi connectivity index (χ3n) is 5.77. The van der Waals surface area contributed by atoms with Gasteiger partial charge in [0, 0.05) is 24.7 Å². The third-order valence-corrected chi connectivity index (χ3v) is 6.68. The van der Waals surface area contributed by atoms with Crippen molar-refractivity contribution in [3.05, 3.63) is 52.1 Å². The van der Waals surface area contributed by atoms with E-state index in [0.29, 0.717) is 5.69 Å². The predicted molar refractivity (Wildman–Crippen MR) is 102 cm³/mol. The molecule has 5 rings (SSSR count). The molecule has 0 saturated carbocycles. The zero-order chi connectivity index (χ0) is 17.9. The number of nitrogens with zero attached hydrogens (tertiary/aromatic N) is 5. The summed E-state index contributed by atoms with van der Waals surface area (Å²) in [7, 11) is 0. The standard InChI is InChI=1S/C19H18BrN5O/c1-12-17(20)25-14(4-8-22-25)18(23-12)24-9-5-19(6-10-24)11-13-3-2-7-21-15(13)16(19)26/h2-4,7-8H,5-6,9-11H2,1H3. The molecule has 2 aliphatic rings. The highest BCUT2D eigenvalue weighted by Crippen LogP contribution is 2.44. The van der Waals surface area contributed by atoms with Gasteiger partial charge in [0.15, 0.2) is 11.6 Å². The molecule has 0 radical (unpaired) electrons. The van der Waals surface area contributed by atoms with Gasteiger partial charge in [-0.25, -0.2) is 9.50 Å². The van der Waals surface area contributed by atoms with Crippen LogP contribution in [0.3, 0.4) is 0 Å². The molecule has 1 spiro atoms.